The molecule has 0 spiro atoms. The summed E-state index contributed by atoms with van der Waals surface area (Å²) in [5.41, 5.74) is -0.377. The quantitative estimate of drug-likeness (QED) is 0.580. The number of nitro groups is 1. The Bertz CT molecular complexity index is 464. The van der Waals surface area contributed by atoms with Gasteiger partial charge in [-0.05, 0) is 31.7 Å². The van der Waals surface area contributed by atoms with Crippen LogP contribution in [0.5, 0.6) is 0 Å². The molecule has 1 aromatic carbocycles. The molecule has 0 heterocycles. The van der Waals surface area contributed by atoms with Crippen LogP contribution in [0.3, 0.4) is 0 Å². The van der Waals surface area contributed by atoms with Crippen LogP contribution in [0.4, 0.5) is 20.2 Å². The van der Waals surface area contributed by atoms with Crippen LogP contribution < -0.4 is 5.32 Å². The van der Waals surface area contributed by atoms with Gasteiger partial charge < -0.3 is 5.32 Å². The highest BCUT2D eigenvalue weighted by Gasteiger charge is 2.18. The van der Waals surface area contributed by atoms with Crippen LogP contribution in [0.15, 0.2) is 18.2 Å². The molecule has 1 rings (SSSR count). The number of non-ortho nitro benzene ring substituents is 1. The Labute approximate surface area is 117 Å². The van der Waals surface area contributed by atoms with E-state index in [1.54, 1.807) is 0 Å². The zero-order valence-electron chi connectivity index (χ0n) is 11.9. The van der Waals surface area contributed by atoms with Gasteiger partial charge in [-0.25, -0.2) is 8.78 Å². The third-order valence-corrected chi connectivity index (χ3v) is 3.06. The molecule has 1 atom stereocenters. The predicted molar refractivity (Wildman–Crippen MR) is 75.2 cm³/mol. The molecular weight excluding hydrogens is 266 g/mol. The topological polar surface area (TPSA) is 55.2 Å². The number of nitrogens with one attached hydrogen (secondary N) is 1. The summed E-state index contributed by atoms with van der Waals surface area (Å²) in [5.74, 6) is 0.547. The molecule has 1 N–H and O–H groups in total. The SMILES string of the molecule is CC(C)CCC(C)Nc1ccc([N+](=O)[O-])cc1C(F)F. The molecule has 112 valence electrons. The monoisotopic (exact) mass is 286 g/mol. The van der Waals surface area contributed by atoms with Gasteiger partial charge in [0, 0.05) is 29.4 Å². The largest absolute Gasteiger partial charge is 0.382 e. The van der Waals surface area contributed by atoms with Gasteiger partial charge in [-0.15, -0.1) is 0 Å². The van der Waals surface area contributed by atoms with Crippen molar-refractivity contribution >= 4 is 11.4 Å². The zero-order chi connectivity index (χ0) is 15.3. The molecule has 0 aromatic heterocycles. The molecule has 0 aliphatic carbocycles. The lowest BCUT2D eigenvalue weighted by molar-refractivity contribution is -0.385. The summed E-state index contributed by atoms with van der Waals surface area (Å²) in [4.78, 5) is 9.96. The summed E-state index contributed by atoms with van der Waals surface area (Å²) in [7, 11) is 0. The Morgan fingerprint density at radius 1 is 1.25 bits per heavy atom. The van der Waals surface area contributed by atoms with E-state index < -0.39 is 11.3 Å². The maximum Gasteiger partial charge on any atom is 0.270 e. The summed E-state index contributed by atoms with van der Waals surface area (Å²) < 4.78 is 25.9. The Morgan fingerprint density at radius 2 is 1.90 bits per heavy atom. The summed E-state index contributed by atoms with van der Waals surface area (Å²) in [6.45, 7) is 6.12. The molecule has 0 bridgehead atoms. The molecule has 1 aromatic rings. The highest BCUT2D eigenvalue weighted by atomic mass is 19.3. The van der Waals surface area contributed by atoms with Crippen molar-refractivity contribution in [2.24, 2.45) is 5.92 Å². The molecular formula is C14H20F2N2O2. The van der Waals surface area contributed by atoms with Crippen LogP contribution in [0.25, 0.3) is 0 Å². The number of nitro benzene ring substituents is 1. The van der Waals surface area contributed by atoms with E-state index in [0.717, 1.165) is 18.9 Å². The summed E-state index contributed by atoms with van der Waals surface area (Å²) in [6, 6.07) is 3.56. The highest BCUT2D eigenvalue weighted by molar-refractivity contribution is 5.57. The van der Waals surface area contributed by atoms with Crippen molar-refractivity contribution in [3.8, 4) is 0 Å². The van der Waals surface area contributed by atoms with Crippen molar-refractivity contribution in [2.75, 3.05) is 5.32 Å². The van der Waals surface area contributed by atoms with Gasteiger partial charge in [0.05, 0.1) is 4.92 Å². The van der Waals surface area contributed by atoms with Gasteiger partial charge in [0.25, 0.3) is 12.1 Å². The minimum absolute atomic E-state index is 0.0383. The lowest BCUT2D eigenvalue weighted by atomic mass is 10.0. The van der Waals surface area contributed by atoms with E-state index in [9.17, 15) is 18.9 Å². The second kappa shape index (κ2) is 7.17. The fourth-order valence-corrected chi connectivity index (χ4v) is 1.90. The lowest BCUT2D eigenvalue weighted by Gasteiger charge is -2.18. The fraction of sp³-hybridized carbons (Fsp3) is 0.571. The van der Waals surface area contributed by atoms with Gasteiger partial charge in [-0.1, -0.05) is 13.8 Å². The van der Waals surface area contributed by atoms with E-state index in [-0.39, 0.29) is 23.0 Å². The smallest absolute Gasteiger partial charge is 0.270 e. The Morgan fingerprint density at radius 3 is 2.40 bits per heavy atom. The number of rotatable bonds is 7. The van der Waals surface area contributed by atoms with Gasteiger partial charge in [-0.3, -0.25) is 10.1 Å². The van der Waals surface area contributed by atoms with E-state index in [4.69, 9.17) is 0 Å². The summed E-state index contributed by atoms with van der Waals surface area (Å²) in [5, 5.41) is 13.6. The van der Waals surface area contributed by atoms with E-state index in [1.165, 1.54) is 12.1 Å². The van der Waals surface area contributed by atoms with Gasteiger partial charge in [0.2, 0.25) is 0 Å². The standard InChI is InChI=1S/C14H20F2N2O2/c1-9(2)4-5-10(3)17-13-7-6-11(18(19)20)8-12(13)14(15)16/h6-10,14,17H,4-5H2,1-3H3. The maximum atomic E-state index is 13.0. The zero-order valence-corrected chi connectivity index (χ0v) is 11.9. The van der Waals surface area contributed by atoms with E-state index in [1.807, 2.05) is 6.92 Å². The molecule has 20 heavy (non-hydrogen) atoms. The van der Waals surface area contributed by atoms with E-state index >= 15 is 0 Å². The Balaban J connectivity index is 2.86. The van der Waals surface area contributed by atoms with Crippen LogP contribution in [-0.2, 0) is 0 Å². The summed E-state index contributed by atoms with van der Waals surface area (Å²) in [6.07, 6.45) is -0.891. The number of halogens is 2. The molecule has 0 fully saturated rings. The Hall–Kier alpha value is -1.72. The third-order valence-electron chi connectivity index (χ3n) is 3.06. The van der Waals surface area contributed by atoms with Crippen molar-refractivity contribution < 1.29 is 13.7 Å². The molecule has 0 amide bonds. The number of alkyl halides is 2. The van der Waals surface area contributed by atoms with Crippen LogP contribution in [0.2, 0.25) is 0 Å². The molecule has 0 aliphatic heterocycles. The van der Waals surface area contributed by atoms with Crippen LogP contribution in [0, 0.1) is 16.0 Å². The van der Waals surface area contributed by atoms with Crippen LogP contribution in [0.1, 0.15) is 45.6 Å². The third kappa shape index (κ3) is 4.75. The first-order chi connectivity index (χ1) is 9.31. The van der Waals surface area contributed by atoms with E-state index in [2.05, 4.69) is 19.2 Å². The Kier molecular flexibility index (Phi) is 5.85. The highest BCUT2D eigenvalue weighted by Crippen LogP contribution is 2.31. The normalized spacial score (nSPS) is 12.8. The maximum absolute atomic E-state index is 13.0. The minimum Gasteiger partial charge on any atom is -0.382 e. The first-order valence-corrected chi connectivity index (χ1v) is 6.64. The van der Waals surface area contributed by atoms with Crippen molar-refractivity contribution in [2.45, 2.75) is 46.1 Å². The first kappa shape index (κ1) is 16.3. The molecule has 6 heteroatoms. The van der Waals surface area contributed by atoms with Crippen LogP contribution >= 0.6 is 0 Å². The molecule has 0 aliphatic rings. The molecule has 4 nitrogen and oxygen atoms in total. The van der Waals surface area contributed by atoms with Gasteiger partial charge in [0.15, 0.2) is 0 Å². The predicted octanol–water partition coefficient (Wildman–Crippen LogP) is 4.77. The lowest BCUT2D eigenvalue weighted by Crippen LogP contribution is -2.17. The molecule has 0 radical (unpaired) electrons. The van der Waals surface area contributed by atoms with Crippen molar-refractivity contribution in [3.05, 3.63) is 33.9 Å². The average Bonchev–Trinajstić information content (AvgIpc) is 2.36. The van der Waals surface area contributed by atoms with E-state index in [0.29, 0.717) is 5.92 Å². The molecule has 0 saturated carbocycles. The van der Waals surface area contributed by atoms with Gasteiger partial charge >= 0.3 is 0 Å². The fourth-order valence-electron chi connectivity index (χ4n) is 1.90. The first-order valence-electron chi connectivity index (χ1n) is 6.64. The number of anilines is 1. The van der Waals surface area contributed by atoms with Crippen molar-refractivity contribution in [1.82, 2.24) is 0 Å². The molecule has 0 saturated heterocycles. The number of hydrogen-bond donors (Lipinski definition) is 1. The van der Waals surface area contributed by atoms with Crippen molar-refractivity contribution in [1.29, 1.82) is 0 Å². The second-order valence-electron chi connectivity index (χ2n) is 5.35. The number of hydrogen-bond acceptors (Lipinski definition) is 3. The second-order valence-corrected chi connectivity index (χ2v) is 5.35. The van der Waals surface area contributed by atoms with Crippen molar-refractivity contribution in [3.63, 3.8) is 0 Å². The number of nitrogens with zero attached hydrogens (tertiary/aromatic N) is 1. The van der Waals surface area contributed by atoms with Gasteiger partial charge in [0.1, 0.15) is 0 Å². The van der Waals surface area contributed by atoms with Crippen LogP contribution in [-0.4, -0.2) is 11.0 Å². The summed E-state index contributed by atoms with van der Waals surface area (Å²) >= 11 is 0. The number of benzene rings is 1. The van der Waals surface area contributed by atoms with Gasteiger partial charge in [-0.2, -0.15) is 0 Å². The molecule has 1 unspecified atom stereocenters. The minimum atomic E-state index is -2.74. The average molecular weight is 286 g/mol.